The number of hydrogen-bond acceptors (Lipinski definition) is 4. The van der Waals surface area contributed by atoms with Crippen molar-refractivity contribution in [3.63, 3.8) is 0 Å². The predicted molar refractivity (Wildman–Crippen MR) is 145 cm³/mol. The molecule has 1 N–H and O–H groups in total. The van der Waals surface area contributed by atoms with Crippen molar-refractivity contribution in [1.29, 1.82) is 0 Å². The SMILES string of the molecule is COc1ccc(-n2c(C(C)N(C)C(=O)Nc3ccc(C(C)C)cc3)nc3cc(Cl)ccc3c2=O)cc1. The van der Waals surface area contributed by atoms with Crippen molar-refractivity contribution < 1.29 is 9.53 Å². The lowest BCUT2D eigenvalue weighted by atomic mass is 10.0. The fourth-order valence-corrected chi connectivity index (χ4v) is 4.12. The van der Waals surface area contributed by atoms with Crippen molar-refractivity contribution in [2.75, 3.05) is 19.5 Å². The molecule has 7 nitrogen and oxygen atoms in total. The molecule has 186 valence electrons. The molecule has 36 heavy (non-hydrogen) atoms. The van der Waals surface area contributed by atoms with Gasteiger partial charge in [-0.2, -0.15) is 0 Å². The molecule has 0 aliphatic heterocycles. The number of anilines is 1. The molecule has 0 radical (unpaired) electrons. The number of rotatable bonds is 6. The standard InChI is InChI=1S/C28H29ClN4O3/c1-17(2)19-6-9-21(10-7-19)30-28(35)32(4)18(3)26-31-25-16-20(29)8-15-24(25)27(34)33(26)22-11-13-23(36-5)14-12-22/h6-18H,1-5H3,(H,30,35). The average Bonchev–Trinajstić information content (AvgIpc) is 2.88. The second kappa shape index (κ2) is 10.4. The molecule has 0 fully saturated rings. The summed E-state index contributed by atoms with van der Waals surface area (Å²) in [6.07, 6.45) is 0. The number of aromatic nitrogens is 2. The third-order valence-corrected chi connectivity index (χ3v) is 6.53. The zero-order valence-electron chi connectivity index (χ0n) is 20.9. The number of methoxy groups -OCH3 is 1. The van der Waals surface area contributed by atoms with Gasteiger partial charge in [-0.05, 0) is 73.0 Å². The first-order chi connectivity index (χ1) is 17.2. The third kappa shape index (κ3) is 5.06. The summed E-state index contributed by atoms with van der Waals surface area (Å²) >= 11 is 6.19. The second-order valence-corrected chi connectivity index (χ2v) is 9.40. The number of carbonyl (C=O) groups excluding carboxylic acids is 1. The maximum Gasteiger partial charge on any atom is 0.322 e. The smallest absolute Gasteiger partial charge is 0.322 e. The minimum absolute atomic E-state index is 0.248. The molecule has 0 bridgehead atoms. The van der Waals surface area contributed by atoms with Crippen LogP contribution in [0.4, 0.5) is 10.5 Å². The molecule has 4 rings (SSSR count). The Bertz CT molecular complexity index is 1450. The van der Waals surface area contributed by atoms with E-state index in [0.717, 1.165) is 0 Å². The van der Waals surface area contributed by atoms with Gasteiger partial charge in [0.2, 0.25) is 0 Å². The molecule has 0 spiro atoms. The zero-order valence-corrected chi connectivity index (χ0v) is 21.7. The van der Waals surface area contributed by atoms with E-state index in [9.17, 15) is 9.59 Å². The van der Waals surface area contributed by atoms with Gasteiger partial charge in [0.05, 0.1) is 29.7 Å². The molecule has 0 aliphatic carbocycles. The van der Waals surface area contributed by atoms with Gasteiger partial charge in [0, 0.05) is 17.8 Å². The molecule has 1 atom stereocenters. The number of hydrogen-bond donors (Lipinski definition) is 1. The number of amides is 2. The second-order valence-electron chi connectivity index (χ2n) is 8.96. The van der Waals surface area contributed by atoms with Crippen LogP contribution in [0.25, 0.3) is 16.6 Å². The molecule has 0 aliphatic rings. The topological polar surface area (TPSA) is 76.5 Å². The van der Waals surface area contributed by atoms with Crippen LogP contribution < -0.4 is 15.6 Å². The molecular formula is C28H29ClN4O3. The van der Waals surface area contributed by atoms with Gasteiger partial charge < -0.3 is 15.0 Å². The highest BCUT2D eigenvalue weighted by Gasteiger charge is 2.24. The van der Waals surface area contributed by atoms with Gasteiger partial charge in [0.15, 0.2) is 0 Å². The van der Waals surface area contributed by atoms with Crippen LogP contribution in [-0.2, 0) is 0 Å². The normalized spacial score (nSPS) is 12.0. The first-order valence-electron chi connectivity index (χ1n) is 11.7. The number of carbonyl (C=O) groups is 1. The maximum atomic E-state index is 13.6. The highest BCUT2D eigenvalue weighted by molar-refractivity contribution is 6.31. The number of halogens is 1. The molecule has 1 aromatic heterocycles. The van der Waals surface area contributed by atoms with E-state index < -0.39 is 6.04 Å². The van der Waals surface area contributed by atoms with Crippen LogP contribution in [0.15, 0.2) is 71.5 Å². The van der Waals surface area contributed by atoms with Crippen molar-refractivity contribution in [2.45, 2.75) is 32.7 Å². The van der Waals surface area contributed by atoms with E-state index in [0.29, 0.717) is 44.8 Å². The van der Waals surface area contributed by atoms with Gasteiger partial charge in [0.25, 0.3) is 5.56 Å². The summed E-state index contributed by atoms with van der Waals surface area (Å²) in [6.45, 7) is 6.07. The molecule has 0 saturated heterocycles. The third-order valence-electron chi connectivity index (χ3n) is 6.29. The number of ether oxygens (including phenoxy) is 1. The lowest BCUT2D eigenvalue weighted by molar-refractivity contribution is 0.205. The Morgan fingerprint density at radius 3 is 2.31 bits per heavy atom. The highest BCUT2D eigenvalue weighted by Crippen LogP contribution is 2.25. The van der Waals surface area contributed by atoms with Crippen molar-refractivity contribution in [3.8, 4) is 11.4 Å². The van der Waals surface area contributed by atoms with Gasteiger partial charge in [0.1, 0.15) is 11.6 Å². The summed E-state index contributed by atoms with van der Waals surface area (Å²) in [6, 6.07) is 19.0. The molecule has 2 amide bonds. The van der Waals surface area contributed by atoms with Gasteiger partial charge in [-0.1, -0.05) is 37.6 Å². The minimum Gasteiger partial charge on any atom is -0.497 e. The van der Waals surface area contributed by atoms with Gasteiger partial charge in [-0.15, -0.1) is 0 Å². The molecule has 8 heteroatoms. The van der Waals surface area contributed by atoms with Crippen LogP contribution in [0.1, 0.15) is 44.1 Å². The fourth-order valence-electron chi connectivity index (χ4n) is 3.95. The molecular weight excluding hydrogens is 476 g/mol. The summed E-state index contributed by atoms with van der Waals surface area (Å²) in [5.41, 5.74) is 2.72. The summed E-state index contributed by atoms with van der Waals surface area (Å²) in [4.78, 5) is 33.1. The Morgan fingerprint density at radius 1 is 1.03 bits per heavy atom. The van der Waals surface area contributed by atoms with E-state index >= 15 is 0 Å². The predicted octanol–water partition coefficient (Wildman–Crippen LogP) is 6.40. The first-order valence-corrected chi connectivity index (χ1v) is 12.1. The van der Waals surface area contributed by atoms with Gasteiger partial charge in [-0.3, -0.25) is 9.36 Å². The van der Waals surface area contributed by atoms with E-state index in [1.54, 1.807) is 56.6 Å². The van der Waals surface area contributed by atoms with E-state index in [4.69, 9.17) is 21.3 Å². The van der Waals surface area contributed by atoms with Crippen LogP contribution in [0.5, 0.6) is 5.75 Å². The fraction of sp³-hybridized carbons (Fsp3) is 0.250. The lowest BCUT2D eigenvalue weighted by Crippen LogP contribution is -2.37. The number of nitrogens with zero attached hydrogens (tertiary/aromatic N) is 3. The van der Waals surface area contributed by atoms with E-state index in [-0.39, 0.29) is 11.6 Å². The Morgan fingerprint density at radius 2 is 1.69 bits per heavy atom. The first kappa shape index (κ1) is 25.3. The van der Waals surface area contributed by atoms with Crippen molar-refractivity contribution in [1.82, 2.24) is 14.5 Å². The summed E-state index contributed by atoms with van der Waals surface area (Å²) in [5.74, 6) is 1.48. The Labute approximate surface area is 215 Å². The van der Waals surface area contributed by atoms with Crippen LogP contribution in [-0.4, -0.2) is 34.6 Å². The quantitative estimate of drug-likeness (QED) is 0.330. The molecule has 1 unspecified atom stereocenters. The summed E-state index contributed by atoms with van der Waals surface area (Å²) in [7, 11) is 3.26. The van der Waals surface area contributed by atoms with Crippen LogP contribution in [0, 0.1) is 0 Å². The molecule has 1 heterocycles. The number of benzene rings is 3. The van der Waals surface area contributed by atoms with Crippen LogP contribution in [0.3, 0.4) is 0 Å². The minimum atomic E-state index is -0.543. The van der Waals surface area contributed by atoms with E-state index in [2.05, 4.69) is 19.2 Å². The molecule has 3 aromatic carbocycles. The van der Waals surface area contributed by atoms with Crippen molar-refractivity contribution in [3.05, 3.63) is 93.5 Å². The van der Waals surface area contributed by atoms with Crippen molar-refractivity contribution >= 4 is 34.2 Å². The number of nitrogens with one attached hydrogen (secondary N) is 1. The Kier molecular flexibility index (Phi) is 7.31. The summed E-state index contributed by atoms with van der Waals surface area (Å²) in [5, 5.41) is 3.84. The monoisotopic (exact) mass is 504 g/mol. The molecule has 4 aromatic rings. The molecule has 0 saturated carbocycles. The number of urea groups is 1. The summed E-state index contributed by atoms with van der Waals surface area (Å²) < 4.78 is 6.79. The average molecular weight is 505 g/mol. The Balaban J connectivity index is 1.74. The lowest BCUT2D eigenvalue weighted by Gasteiger charge is -2.27. The largest absolute Gasteiger partial charge is 0.497 e. The maximum absolute atomic E-state index is 13.6. The van der Waals surface area contributed by atoms with Gasteiger partial charge in [-0.25, -0.2) is 9.78 Å². The van der Waals surface area contributed by atoms with Gasteiger partial charge >= 0.3 is 6.03 Å². The number of fused-ring (bicyclic) bond motifs is 1. The highest BCUT2D eigenvalue weighted by atomic mass is 35.5. The van der Waals surface area contributed by atoms with E-state index in [1.807, 2.05) is 31.2 Å². The van der Waals surface area contributed by atoms with E-state index in [1.165, 1.54) is 15.0 Å². The van der Waals surface area contributed by atoms with Crippen molar-refractivity contribution in [2.24, 2.45) is 0 Å². The van der Waals surface area contributed by atoms with Crippen LogP contribution in [0.2, 0.25) is 5.02 Å². The van der Waals surface area contributed by atoms with Crippen LogP contribution >= 0.6 is 11.6 Å². The Hall–Kier alpha value is -3.84. The zero-order chi connectivity index (χ0) is 26.0.